The molecule has 1 amide bonds. The fraction of sp³-hybridized carbons (Fsp3) is 0.900. The molecule has 0 aliphatic carbocycles. The van der Waals surface area contributed by atoms with E-state index in [0.29, 0.717) is 5.41 Å². The maximum atomic E-state index is 10.9. The number of nitrogens with zero attached hydrogens (tertiary/aromatic N) is 1. The molecule has 1 rings (SSSR count). The zero-order chi connectivity index (χ0) is 9.35. The summed E-state index contributed by atoms with van der Waals surface area (Å²) >= 11 is 0. The van der Waals surface area contributed by atoms with E-state index in [1.54, 1.807) is 6.92 Å². The van der Waals surface area contributed by atoms with Crippen LogP contribution >= 0.6 is 0 Å². The van der Waals surface area contributed by atoms with Crippen molar-refractivity contribution in [1.29, 1.82) is 0 Å². The summed E-state index contributed by atoms with van der Waals surface area (Å²) in [5, 5.41) is 0. The van der Waals surface area contributed by atoms with Gasteiger partial charge in [0.05, 0.1) is 0 Å². The van der Waals surface area contributed by atoms with Crippen LogP contribution in [0.5, 0.6) is 0 Å². The van der Waals surface area contributed by atoms with Crippen LogP contribution in [-0.4, -0.2) is 23.9 Å². The highest BCUT2D eigenvalue weighted by Gasteiger charge is 2.39. The van der Waals surface area contributed by atoms with Crippen molar-refractivity contribution in [3.05, 3.63) is 0 Å². The average molecular weight is 169 g/mol. The molecule has 0 spiro atoms. The zero-order valence-corrected chi connectivity index (χ0v) is 8.55. The van der Waals surface area contributed by atoms with Crippen LogP contribution in [0.15, 0.2) is 0 Å². The van der Waals surface area contributed by atoms with E-state index in [1.807, 2.05) is 4.90 Å². The Morgan fingerprint density at radius 3 is 2.33 bits per heavy atom. The smallest absolute Gasteiger partial charge is 0.219 e. The molecule has 0 N–H and O–H groups in total. The quantitative estimate of drug-likeness (QED) is 0.618. The van der Waals surface area contributed by atoms with E-state index in [2.05, 4.69) is 20.8 Å². The summed E-state index contributed by atoms with van der Waals surface area (Å²) in [6.07, 6.45) is 1.23. The molecule has 0 saturated carbocycles. The van der Waals surface area contributed by atoms with Gasteiger partial charge in [0.25, 0.3) is 0 Å². The Morgan fingerprint density at radius 1 is 1.50 bits per heavy atom. The monoisotopic (exact) mass is 169 g/mol. The van der Waals surface area contributed by atoms with Crippen molar-refractivity contribution in [2.75, 3.05) is 13.1 Å². The van der Waals surface area contributed by atoms with Gasteiger partial charge in [0.2, 0.25) is 5.91 Å². The third-order valence-electron chi connectivity index (χ3n) is 2.49. The molecule has 1 heterocycles. The molecule has 0 bridgehead atoms. The minimum absolute atomic E-state index is 0.219. The van der Waals surface area contributed by atoms with Crippen LogP contribution in [0.25, 0.3) is 0 Å². The van der Waals surface area contributed by atoms with Crippen LogP contribution in [0.1, 0.15) is 34.1 Å². The normalized spacial score (nSPS) is 20.9. The van der Waals surface area contributed by atoms with E-state index >= 15 is 0 Å². The topological polar surface area (TPSA) is 20.3 Å². The highest BCUT2D eigenvalue weighted by atomic mass is 16.2. The van der Waals surface area contributed by atoms with E-state index in [1.165, 1.54) is 6.42 Å². The lowest BCUT2D eigenvalue weighted by Crippen LogP contribution is -2.56. The predicted octanol–water partition coefficient (Wildman–Crippen LogP) is 1.90. The zero-order valence-electron chi connectivity index (χ0n) is 8.55. The largest absolute Gasteiger partial charge is 0.342 e. The molecular formula is C10H19NO. The van der Waals surface area contributed by atoms with E-state index in [-0.39, 0.29) is 5.91 Å². The molecule has 0 atom stereocenters. The first-order chi connectivity index (χ1) is 5.43. The van der Waals surface area contributed by atoms with Gasteiger partial charge in [0.1, 0.15) is 0 Å². The van der Waals surface area contributed by atoms with Crippen molar-refractivity contribution in [2.24, 2.45) is 11.3 Å². The van der Waals surface area contributed by atoms with E-state index in [0.717, 1.165) is 19.0 Å². The first-order valence-electron chi connectivity index (χ1n) is 4.68. The molecule has 12 heavy (non-hydrogen) atoms. The first-order valence-corrected chi connectivity index (χ1v) is 4.68. The Kier molecular flexibility index (Phi) is 2.45. The van der Waals surface area contributed by atoms with Gasteiger partial charge in [-0.3, -0.25) is 4.79 Å². The second kappa shape index (κ2) is 3.08. The van der Waals surface area contributed by atoms with Crippen LogP contribution in [-0.2, 0) is 4.79 Å². The standard InChI is InChI=1S/C10H19NO/c1-8(2)5-10(4)6-11(7-10)9(3)12/h8H,5-7H2,1-4H3. The second-order valence-electron chi connectivity index (χ2n) is 4.78. The SMILES string of the molecule is CC(=O)N1CC(C)(CC(C)C)C1. The van der Waals surface area contributed by atoms with Crippen LogP contribution < -0.4 is 0 Å². The summed E-state index contributed by atoms with van der Waals surface area (Å²) < 4.78 is 0. The summed E-state index contributed by atoms with van der Waals surface area (Å²) in [5.74, 6) is 0.959. The molecule has 70 valence electrons. The fourth-order valence-corrected chi connectivity index (χ4v) is 2.21. The summed E-state index contributed by atoms with van der Waals surface area (Å²) in [5.41, 5.74) is 0.403. The third-order valence-corrected chi connectivity index (χ3v) is 2.49. The lowest BCUT2D eigenvalue weighted by atomic mass is 9.75. The molecule has 0 unspecified atom stereocenters. The van der Waals surface area contributed by atoms with Gasteiger partial charge < -0.3 is 4.90 Å². The molecule has 2 nitrogen and oxygen atoms in total. The fourth-order valence-electron chi connectivity index (χ4n) is 2.21. The number of rotatable bonds is 2. The minimum Gasteiger partial charge on any atom is -0.342 e. The van der Waals surface area contributed by atoms with Gasteiger partial charge in [0, 0.05) is 25.4 Å². The maximum Gasteiger partial charge on any atom is 0.219 e. The molecular weight excluding hydrogens is 150 g/mol. The molecule has 1 saturated heterocycles. The van der Waals surface area contributed by atoms with Gasteiger partial charge in [-0.15, -0.1) is 0 Å². The Morgan fingerprint density at radius 2 is 2.00 bits per heavy atom. The van der Waals surface area contributed by atoms with Crippen LogP contribution in [0.2, 0.25) is 0 Å². The summed E-state index contributed by atoms with van der Waals surface area (Å²) in [7, 11) is 0. The third kappa shape index (κ3) is 1.99. The first kappa shape index (κ1) is 9.56. The van der Waals surface area contributed by atoms with E-state index in [9.17, 15) is 4.79 Å². The number of carbonyl (C=O) groups is 1. The highest BCUT2D eigenvalue weighted by molar-refractivity contribution is 5.74. The van der Waals surface area contributed by atoms with Crippen molar-refractivity contribution in [2.45, 2.75) is 34.1 Å². The summed E-state index contributed by atoms with van der Waals surface area (Å²) in [6.45, 7) is 10.3. The van der Waals surface area contributed by atoms with Gasteiger partial charge in [-0.1, -0.05) is 20.8 Å². The number of amides is 1. The molecule has 1 fully saturated rings. The predicted molar refractivity (Wildman–Crippen MR) is 49.8 cm³/mol. The molecule has 2 heteroatoms. The molecule has 0 aromatic heterocycles. The number of hydrogen-bond acceptors (Lipinski definition) is 1. The van der Waals surface area contributed by atoms with Gasteiger partial charge in [-0.05, 0) is 12.3 Å². The average Bonchev–Trinajstić information content (AvgIpc) is 1.80. The minimum atomic E-state index is 0.219. The lowest BCUT2D eigenvalue weighted by Gasteiger charge is -2.48. The van der Waals surface area contributed by atoms with Gasteiger partial charge in [-0.2, -0.15) is 0 Å². The number of carbonyl (C=O) groups excluding carboxylic acids is 1. The number of hydrogen-bond donors (Lipinski definition) is 0. The van der Waals surface area contributed by atoms with Gasteiger partial charge in [-0.25, -0.2) is 0 Å². The molecule has 1 aliphatic heterocycles. The molecule has 0 aromatic carbocycles. The van der Waals surface area contributed by atoms with Crippen LogP contribution in [0, 0.1) is 11.3 Å². The molecule has 0 radical (unpaired) electrons. The Labute approximate surface area is 74.9 Å². The number of likely N-dealkylation sites (tertiary alicyclic amines) is 1. The molecule has 1 aliphatic rings. The maximum absolute atomic E-state index is 10.9. The second-order valence-corrected chi connectivity index (χ2v) is 4.78. The van der Waals surface area contributed by atoms with Crippen molar-refractivity contribution in [1.82, 2.24) is 4.90 Å². The van der Waals surface area contributed by atoms with Crippen LogP contribution in [0.4, 0.5) is 0 Å². The summed E-state index contributed by atoms with van der Waals surface area (Å²) in [4.78, 5) is 12.8. The lowest BCUT2D eigenvalue weighted by molar-refractivity contribution is -0.140. The van der Waals surface area contributed by atoms with Gasteiger partial charge in [0.15, 0.2) is 0 Å². The van der Waals surface area contributed by atoms with Crippen LogP contribution in [0.3, 0.4) is 0 Å². The Hall–Kier alpha value is -0.530. The molecule has 0 aromatic rings. The Balaban J connectivity index is 2.35. The van der Waals surface area contributed by atoms with E-state index < -0.39 is 0 Å². The van der Waals surface area contributed by atoms with Crippen molar-refractivity contribution in [3.8, 4) is 0 Å². The van der Waals surface area contributed by atoms with Crippen molar-refractivity contribution >= 4 is 5.91 Å². The van der Waals surface area contributed by atoms with Crippen molar-refractivity contribution < 1.29 is 4.79 Å². The van der Waals surface area contributed by atoms with Crippen molar-refractivity contribution in [3.63, 3.8) is 0 Å². The van der Waals surface area contributed by atoms with Gasteiger partial charge >= 0.3 is 0 Å². The van der Waals surface area contributed by atoms with E-state index in [4.69, 9.17) is 0 Å². The Bertz CT molecular complexity index is 180. The highest BCUT2D eigenvalue weighted by Crippen LogP contribution is 2.35. The summed E-state index contributed by atoms with van der Waals surface area (Å²) in [6, 6.07) is 0.